The minimum atomic E-state index is -2.93. The van der Waals surface area contributed by atoms with Crippen molar-refractivity contribution in [3.8, 4) is 5.75 Å². The van der Waals surface area contributed by atoms with Crippen LogP contribution < -0.4 is 10.1 Å². The molecule has 0 atom stereocenters. The van der Waals surface area contributed by atoms with Crippen molar-refractivity contribution in [1.82, 2.24) is 5.32 Å². The molecule has 0 spiro atoms. The maximum Gasteiger partial charge on any atom is 0.147 e. The molecule has 0 radical (unpaired) electrons. The van der Waals surface area contributed by atoms with Gasteiger partial charge in [0.05, 0.1) is 21.3 Å². The molecule has 0 aromatic heterocycles. The van der Waals surface area contributed by atoms with Crippen LogP contribution in [0.4, 0.5) is 0 Å². The third kappa shape index (κ3) is 7.63. The normalized spacial score (nSPS) is 11.6. The molecule has 120 valence electrons. The Balaban J connectivity index is 2.59. The van der Waals surface area contributed by atoms with E-state index in [4.69, 9.17) is 4.74 Å². The van der Waals surface area contributed by atoms with E-state index >= 15 is 0 Å². The van der Waals surface area contributed by atoms with Gasteiger partial charge in [-0.25, -0.2) is 8.42 Å². The van der Waals surface area contributed by atoms with Gasteiger partial charge >= 0.3 is 0 Å². The van der Waals surface area contributed by atoms with Crippen LogP contribution in [0.5, 0.6) is 5.75 Å². The molecule has 0 heterocycles. The quantitative estimate of drug-likeness (QED) is 0.594. The molecule has 0 aliphatic rings. The molecule has 0 unspecified atom stereocenters. The largest absolute Gasteiger partial charge is 0.491 e. The second kappa shape index (κ2) is 9.12. The van der Waals surface area contributed by atoms with Crippen LogP contribution in [-0.4, -0.2) is 33.6 Å². The minimum Gasteiger partial charge on any atom is -0.491 e. The molecule has 1 N–H and O–H groups in total. The fourth-order valence-corrected chi connectivity index (χ4v) is 3.91. The average Bonchev–Trinajstić information content (AvgIpc) is 2.36. The lowest BCUT2D eigenvalue weighted by Gasteiger charge is -2.12. The molecule has 1 aromatic carbocycles. The van der Waals surface area contributed by atoms with Crippen LogP contribution in [0.2, 0.25) is 0 Å². The van der Waals surface area contributed by atoms with Crippen LogP contribution in [0.15, 0.2) is 21.1 Å². The third-order valence-electron chi connectivity index (χ3n) is 2.72. The van der Waals surface area contributed by atoms with Crippen LogP contribution in [0, 0.1) is 0 Å². The zero-order valence-electron chi connectivity index (χ0n) is 12.3. The van der Waals surface area contributed by atoms with Crippen molar-refractivity contribution in [1.29, 1.82) is 0 Å². The summed E-state index contributed by atoms with van der Waals surface area (Å²) in [5, 5.41) is 3.34. The van der Waals surface area contributed by atoms with Crippen LogP contribution in [0.25, 0.3) is 0 Å². The summed E-state index contributed by atoms with van der Waals surface area (Å²) in [4.78, 5) is 0. The van der Waals surface area contributed by atoms with Crippen molar-refractivity contribution in [2.75, 3.05) is 25.2 Å². The smallest absolute Gasteiger partial charge is 0.147 e. The maximum atomic E-state index is 11.1. The molecule has 0 aliphatic heterocycles. The van der Waals surface area contributed by atoms with Crippen LogP contribution in [0.3, 0.4) is 0 Å². The van der Waals surface area contributed by atoms with Gasteiger partial charge in [-0.15, -0.1) is 0 Å². The van der Waals surface area contributed by atoms with Crippen molar-refractivity contribution >= 4 is 41.7 Å². The van der Waals surface area contributed by atoms with E-state index in [0.29, 0.717) is 18.8 Å². The van der Waals surface area contributed by atoms with E-state index in [-0.39, 0.29) is 5.75 Å². The Morgan fingerprint density at radius 2 is 1.86 bits per heavy atom. The molecular formula is C14H21Br2NO3S. The molecule has 21 heavy (non-hydrogen) atoms. The lowest BCUT2D eigenvalue weighted by Crippen LogP contribution is -2.14. The first kappa shape index (κ1) is 18.9. The molecule has 0 amide bonds. The van der Waals surface area contributed by atoms with Crippen molar-refractivity contribution < 1.29 is 13.2 Å². The molecule has 1 rings (SSSR count). The van der Waals surface area contributed by atoms with Gasteiger partial charge in [0.25, 0.3) is 0 Å². The topological polar surface area (TPSA) is 55.4 Å². The minimum absolute atomic E-state index is 0.140. The third-order valence-corrected chi connectivity index (χ3v) is 4.93. The van der Waals surface area contributed by atoms with Gasteiger partial charge in [-0.05, 0) is 68.9 Å². The van der Waals surface area contributed by atoms with E-state index in [1.807, 2.05) is 12.1 Å². The fourth-order valence-electron chi connectivity index (χ4n) is 1.76. The Morgan fingerprint density at radius 3 is 2.38 bits per heavy atom. The average molecular weight is 443 g/mol. The first-order valence-electron chi connectivity index (χ1n) is 6.82. The molecule has 0 saturated carbocycles. The zero-order chi connectivity index (χ0) is 15.9. The Hall–Kier alpha value is -0.110. The first-order chi connectivity index (χ1) is 9.83. The van der Waals surface area contributed by atoms with Crippen LogP contribution in [0.1, 0.15) is 25.3 Å². The lowest BCUT2D eigenvalue weighted by molar-refractivity contribution is 0.313. The van der Waals surface area contributed by atoms with E-state index in [0.717, 1.165) is 34.0 Å². The molecular weight excluding hydrogens is 422 g/mol. The van der Waals surface area contributed by atoms with Gasteiger partial charge in [-0.2, -0.15) is 0 Å². The highest BCUT2D eigenvalue weighted by Gasteiger charge is 2.10. The Morgan fingerprint density at radius 1 is 1.24 bits per heavy atom. The molecule has 0 aliphatic carbocycles. The molecule has 0 fully saturated rings. The maximum absolute atomic E-state index is 11.1. The highest BCUT2D eigenvalue weighted by molar-refractivity contribution is 9.11. The summed E-state index contributed by atoms with van der Waals surface area (Å²) in [6.45, 7) is 4.29. The number of hydrogen-bond donors (Lipinski definition) is 1. The summed E-state index contributed by atoms with van der Waals surface area (Å²) >= 11 is 7.00. The number of ether oxygens (including phenoxy) is 1. The van der Waals surface area contributed by atoms with Crippen molar-refractivity contribution in [2.24, 2.45) is 0 Å². The second-order valence-corrected chi connectivity index (χ2v) is 8.87. The zero-order valence-corrected chi connectivity index (χ0v) is 16.3. The van der Waals surface area contributed by atoms with Gasteiger partial charge in [0.15, 0.2) is 0 Å². The lowest BCUT2D eigenvalue weighted by atomic mass is 10.2. The Kier molecular flexibility index (Phi) is 8.23. The van der Waals surface area contributed by atoms with E-state index in [2.05, 4.69) is 44.1 Å². The number of hydrogen-bond acceptors (Lipinski definition) is 4. The monoisotopic (exact) mass is 441 g/mol. The standard InChI is InChI=1S/C14H21Br2NO3S/c1-3-5-17-10-11-8-12(15)14(13(16)9-11)20-6-4-7-21(2,18)19/h8-9,17H,3-7,10H2,1-2H3. The number of rotatable bonds is 9. The molecule has 1 aromatic rings. The predicted molar refractivity (Wildman–Crippen MR) is 93.7 cm³/mol. The van der Waals surface area contributed by atoms with E-state index < -0.39 is 9.84 Å². The first-order valence-corrected chi connectivity index (χ1v) is 10.5. The van der Waals surface area contributed by atoms with Gasteiger partial charge in [0.1, 0.15) is 15.6 Å². The highest BCUT2D eigenvalue weighted by Crippen LogP contribution is 2.34. The summed E-state index contributed by atoms with van der Waals surface area (Å²) in [7, 11) is -2.93. The summed E-state index contributed by atoms with van der Waals surface area (Å²) in [5.41, 5.74) is 1.16. The SMILES string of the molecule is CCCNCc1cc(Br)c(OCCCS(C)(=O)=O)c(Br)c1. The number of benzene rings is 1. The Bertz CT molecular complexity index is 538. The van der Waals surface area contributed by atoms with Gasteiger partial charge in [-0.3, -0.25) is 0 Å². The predicted octanol–water partition coefficient (Wildman–Crippen LogP) is 3.52. The van der Waals surface area contributed by atoms with E-state index in [1.165, 1.54) is 6.26 Å². The summed E-state index contributed by atoms with van der Waals surface area (Å²) in [6.07, 6.45) is 2.82. The molecule has 7 heteroatoms. The fraction of sp³-hybridized carbons (Fsp3) is 0.571. The van der Waals surface area contributed by atoms with Crippen molar-refractivity contribution in [3.05, 3.63) is 26.6 Å². The Labute approximate surface area is 143 Å². The van der Waals surface area contributed by atoms with E-state index in [9.17, 15) is 8.42 Å². The number of halogens is 2. The van der Waals surface area contributed by atoms with Crippen molar-refractivity contribution in [3.63, 3.8) is 0 Å². The summed E-state index contributed by atoms with van der Waals surface area (Å²) in [5.74, 6) is 0.851. The van der Waals surface area contributed by atoms with E-state index in [1.54, 1.807) is 0 Å². The number of nitrogens with one attached hydrogen (secondary N) is 1. The molecule has 0 saturated heterocycles. The van der Waals surface area contributed by atoms with Crippen LogP contribution in [-0.2, 0) is 16.4 Å². The second-order valence-electron chi connectivity index (χ2n) is 4.90. The summed E-state index contributed by atoms with van der Waals surface area (Å²) < 4.78 is 29.5. The summed E-state index contributed by atoms with van der Waals surface area (Å²) in [6, 6.07) is 4.03. The van der Waals surface area contributed by atoms with Crippen molar-refractivity contribution in [2.45, 2.75) is 26.3 Å². The highest BCUT2D eigenvalue weighted by atomic mass is 79.9. The van der Waals surface area contributed by atoms with Gasteiger partial charge in [0.2, 0.25) is 0 Å². The molecule has 0 bridgehead atoms. The van der Waals surface area contributed by atoms with Gasteiger partial charge in [-0.1, -0.05) is 6.92 Å². The van der Waals surface area contributed by atoms with Gasteiger partial charge in [0, 0.05) is 12.8 Å². The molecule has 4 nitrogen and oxygen atoms in total. The number of sulfone groups is 1. The van der Waals surface area contributed by atoms with Gasteiger partial charge < -0.3 is 10.1 Å². The van der Waals surface area contributed by atoms with Crippen LogP contribution >= 0.6 is 31.9 Å².